The molecule has 1 aliphatic rings. The van der Waals surface area contributed by atoms with Crippen LogP contribution in [0.15, 0.2) is 24.4 Å². The molecule has 0 spiro atoms. The summed E-state index contributed by atoms with van der Waals surface area (Å²) in [6.07, 6.45) is 4.59. The van der Waals surface area contributed by atoms with Crippen molar-refractivity contribution in [1.82, 2.24) is 14.7 Å². The minimum Gasteiger partial charge on any atom is -0.355 e. The number of rotatable bonds is 4. The zero-order valence-corrected chi connectivity index (χ0v) is 13.4. The maximum Gasteiger partial charge on any atom is 0.152 e. The summed E-state index contributed by atoms with van der Waals surface area (Å²) < 4.78 is 2.22. The topological polar surface area (TPSA) is 32.6 Å². The highest BCUT2D eigenvalue weighted by Gasteiger charge is 2.28. The number of imidazole rings is 1. The number of nitrogens with zero attached hydrogens (tertiary/aromatic N) is 3. The molecule has 21 heavy (non-hydrogen) atoms. The first kappa shape index (κ1) is 14.4. The molecule has 1 saturated heterocycles. The van der Waals surface area contributed by atoms with Gasteiger partial charge in [0, 0.05) is 25.8 Å². The summed E-state index contributed by atoms with van der Waals surface area (Å²) >= 11 is 0. The van der Waals surface area contributed by atoms with E-state index < -0.39 is 0 Å². The van der Waals surface area contributed by atoms with Crippen molar-refractivity contribution in [2.24, 2.45) is 5.41 Å². The van der Waals surface area contributed by atoms with Gasteiger partial charge in [0.2, 0.25) is 0 Å². The number of nitrogens with one attached hydrogen (secondary N) is 1. The van der Waals surface area contributed by atoms with Crippen LogP contribution in [-0.4, -0.2) is 29.0 Å². The molecule has 1 fully saturated rings. The molecule has 0 radical (unpaired) electrons. The van der Waals surface area contributed by atoms with Crippen molar-refractivity contribution in [2.45, 2.75) is 40.2 Å². The Morgan fingerprint density at radius 3 is 2.71 bits per heavy atom. The summed E-state index contributed by atoms with van der Waals surface area (Å²) in [5.41, 5.74) is 2.80. The molecule has 4 nitrogen and oxygen atoms in total. The molecule has 0 aromatic carbocycles. The summed E-state index contributed by atoms with van der Waals surface area (Å²) in [6, 6.07) is 6.22. The average Bonchev–Trinajstić information content (AvgIpc) is 2.83. The van der Waals surface area contributed by atoms with Gasteiger partial charge in [0.1, 0.15) is 5.65 Å². The second-order valence-electron chi connectivity index (χ2n) is 6.74. The molecular weight excluding hydrogens is 260 g/mol. The smallest absolute Gasteiger partial charge is 0.152 e. The predicted molar refractivity (Wildman–Crippen MR) is 87.8 cm³/mol. The molecule has 1 N–H and O–H groups in total. The van der Waals surface area contributed by atoms with Crippen molar-refractivity contribution >= 4 is 11.5 Å². The normalized spacial score (nSPS) is 18.3. The summed E-state index contributed by atoms with van der Waals surface area (Å²) in [5, 5.41) is 3.45. The molecule has 4 heteroatoms. The van der Waals surface area contributed by atoms with E-state index in [2.05, 4.69) is 59.8 Å². The maximum absolute atomic E-state index is 4.89. The Morgan fingerprint density at radius 2 is 2.00 bits per heavy atom. The lowest BCUT2D eigenvalue weighted by atomic mass is 9.83. The van der Waals surface area contributed by atoms with Gasteiger partial charge >= 0.3 is 0 Å². The van der Waals surface area contributed by atoms with Crippen LogP contribution in [0.3, 0.4) is 0 Å². The molecule has 3 heterocycles. The van der Waals surface area contributed by atoms with E-state index in [1.165, 1.54) is 18.5 Å². The fraction of sp³-hybridized carbons (Fsp3) is 0.588. The number of aromatic nitrogens is 2. The lowest BCUT2D eigenvalue weighted by Gasteiger charge is -2.37. The van der Waals surface area contributed by atoms with E-state index in [4.69, 9.17) is 4.98 Å². The molecule has 3 rings (SSSR count). The molecule has 2 aromatic heterocycles. The van der Waals surface area contributed by atoms with Gasteiger partial charge in [-0.1, -0.05) is 26.8 Å². The number of anilines is 1. The minimum absolute atomic E-state index is 0.470. The molecule has 0 bridgehead atoms. The summed E-state index contributed by atoms with van der Waals surface area (Å²) in [7, 11) is 0. The molecule has 0 aliphatic carbocycles. The highest BCUT2D eigenvalue weighted by atomic mass is 15.2. The number of hydrogen-bond acceptors (Lipinski definition) is 3. The van der Waals surface area contributed by atoms with E-state index in [1.54, 1.807) is 0 Å². The Hall–Kier alpha value is -1.55. The minimum atomic E-state index is 0.470. The van der Waals surface area contributed by atoms with Crippen molar-refractivity contribution < 1.29 is 0 Å². The number of fused-ring (bicyclic) bond motifs is 1. The van der Waals surface area contributed by atoms with Gasteiger partial charge in [-0.15, -0.1) is 0 Å². The first-order chi connectivity index (χ1) is 10.1. The van der Waals surface area contributed by atoms with Crippen LogP contribution in [-0.2, 0) is 6.54 Å². The highest BCUT2D eigenvalue weighted by molar-refractivity contribution is 5.56. The summed E-state index contributed by atoms with van der Waals surface area (Å²) in [6.45, 7) is 10.9. The van der Waals surface area contributed by atoms with E-state index in [0.717, 1.165) is 37.6 Å². The molecule has 0 unspecified atom stereocenters. The van der Waals surface area contributed by atoms with Gasteiger partial charge in [-0.05, 0) is 36.9 Å². The first-order valence-electron chi connectivity index (χ1n) is 8.02. The van der Waals surface area contributed by atoms with Crippen molar-refractivity contribution in [1.29, 1.82) is 0 Å². The Bertz CT molecular complexity index is 604. The molecule has 0 amide bonds. The van der Waals surface area contributed by atoms with Gasteiger partial charge < -0.3 is 14.6 Å². The Morgan fingerprint density at radius 1 is 1.24 bits per heavy atom. The van der Waals surface area contributed by atoms with E-state index in [9.17, 15) is 0 Å². The second-order valence-corrected chi connectivity index (χ2v) is 6.74. The summed E-state index contributed by atoms with van der Waals surface area (Å²) in [4.78, 5) is 7.35. The zero-order chi connectivity index (χ0) is 14.9. The molecule has 0 saturated carbocycles. The van der Waals surface area contributed by atoms with Gasteiger partial charge in [-0.3, -0.25) is 0 Å². The first-order valence-corrected chi connectivity index (χ1v) is 8.02. The standard InChI is InChI=1S/C17H26N4/c1-4-18-13-14-16(19-15-7-5-6-10-21(14)15)20-11-8-17(2,3)9-12-20/h5-7,10,18H,4,8-9,11-13H2,1-3H3. The molecule has 1 aliphatic heterocycles. The maximum atomic E-state index is 4.89. The average molecular weight is 286 g/mol. The van der Waals surface area contributed by atoms with Gasteiger partial charge in [0.15, 0.2) is 5.82 Å². The number of pyridine rings is 1. The van der Waals surface area contributed by atoms with Crippen LogP contribution in [0.2, 0.25) is 0 Å². The van der Waals surface area contributed by atoms with Gasteiger partial charge in [0.25, 0.3) is 0 Å². The fourth-order valence-corrected chi connectivity index (χ4v) is 3.02. The molecule has 114 valence electrons. The molecule has 0 atom stereocenters. The third-order valence-electron chi connectivity index (χ3n) is 4.57. The monoisotopic (exact) mass is 286 g/mol. The number of hydrogen-bond donors (Lipinski definition) is 1. The largest absolute Gasteiger partial charge is 0.355 e. The number of piperidine rings is 1. The zero-order valence-electron chi connectivity index (χ0n) is 13.4. The van der Waals surface area contributed by atoms with E-state index in [0.29, 0.717) is 5.41 Å². The Balaban J connectivity index is 1.93. The van der Waals surface area contributed by atoms with Gasteiger partial charge in [-0.25, -0.2) is 4.98 Å². The van der Waals surface area contributed by atoms with Gasteiger partial charge in [0.05, 0.1) is 5.69 Å². The van der Waals surface area contributed by atoms with Crippen molar-refractivity contribution in [3.63, 3.8) is 0 Å². The van der Waals surface area contributed by atoms with Crippen molar-refractivity contribution in [3.05, 3.63) is 30.1 Å². The lowest BCUT2D eigenvalue weighted by Crippen LogP contribution is -2.38. The third-order valence-corrected chi connectivity index (χ3v) is 4.57. The van der Waals surface area contributed by atoms with E-state index in [1.807, 2.05) is 0 Å². The summed E-state index contributed by atoms with van der Waals surface area (Å²) in [5.74, 6) is 1.16. The van der Waals surface area contributed by atoms with Crippen LogP contribution in [0.25, 0.3) is 5.65 Å². The Labute approximate surface area is 127 Å². The Kier molecular flexibility index (Phi) is 3.89. The molecular formula is C17H26N4. The van der Waals surface area contributed by atoms with Gasteiger partial charge in [-0.2, -0.15) is 0 Å². The van der Waals surface area contributed by atoms with Crippen LogP contribution >= 0.6 is 0 Å². The van der Waals surface area contributed by atoms with Crippen molar-refractivity contribution in [3.8, 4) is 0 Å². The van der Waals surface area contributed by atoms with Crippen LogP contribution in [0.5, 0.6) is 0 Å². The van der Waals surface area contributed by atoms with Crippen LogP contribution < -0.4 is 10.2 Å². The van der Waals surface area contributed by atoms with E-state index >= 15 is 0 Å². The SMILES string of the molecule is CCNCc1c(N2CCC(C)(C)CC2)nc2ccccn12. The van der Waals surface area contributed by atoms with Crippen LogP contribution in [0.4, 0.5) is 5.82 Å². The fourth-order valence-electron chi connectivity index (χ4n) is 3.02. The predicted octanol–water partition coefficient (Wildman–Crippen LogP) is 3.07. The van der Waals surface area contributed by atoms with E-state index in [-0.39, 0.29) is 0 Å². The highest BCUT2D eigenvalue weighted by Crippen LogP contribution is 2.33. The van der Waals surface area contributed by atoms with Crippen LogP contribution in [0, 0.1) is 5.41 Å². The second kappa shape index (κ2) is 5.68. The van der Waals surface area contributed by atoms with Crippen molar-refractivity contribution in [2.75, 3.05) is 24.5 Å². The molecule has 2 aromatic rings. The van der Waals surface area contributed by atoms with Crippen LogP contribution in [0.1, 0.15) is 39.3 Å². The lowest BCUT2D eigenvalue weighted by molar-refractivity contribution is 0.279. The third kappa shape index (κ3) is 2.91. The quantitative estimate of drug-likeness (QED) is 0.937.